The summed E-state index contributed by atoms with van der Waals surface area (Å²) in [6, 6.07) is 14.1. The first kappa shape index (κ1) is 18.7. The number of hydrogen-bond acceptors (Lipinski definition) is 3. The fourth-order valence-corrected chi connectivity index (χ4v) is 5.05. The number of benzene rings is 1. The molecule has 4 rings (SSSR count). The van der Waals surface area contributed by atoms with Gasteiger partial charge in [-0.2, -0.15) is 0 Å². The van der Waals surface area contributed by atoms with Gasteiger partial charge in [0.25, 0.3) is 0 Å². The van der Waals surface area contributed by atoms with Crippen molar-refractivity contribution < 1.29 is 5.11 Å². The maximum Gasteiger partial charge on any atom is 0.0834 e. The highest BCUT2D eigenvalue weighted by atomic mass is 16.3. The standard InChI is InChI=1S/C24H34N2O/c27-18-20(16-19-10-4-1-5-11-19)25-23-17-24(23)26(21-12-6-2-7-13-21)22-14-8-3-9-15-22/h1,4-5,10-11,17,20-22,27H,2-3,6-9,12-16,18H2/b25-23+/t20-/m0/s1. The van der Waals surface area contributed by atoms with Gasteiger partial charge in [0.1, 0.15) is 0 Å². The van der Waals surface area contributed by atoms with Gasteiger partial charge in [-0.15, -0.1) is 0 Å². The molecule has 0 saturated heterocycles. The summed E-state index contributed by atoms with van der Waals surface area (Å²) in [5.74, 6) is 0. The van der Waals surface area contributed by atoms with Gasteiger partial charge >= 0.3 is 0 Å². The molecule has 3 heteroatoms. The molecule has 2 aliphatic rings. The van der Waals surface area contributed by atoms with E-state index in [1.807, 2.05) is 6.07 Å². The van der Waals surface area contributed by atoms with Gasteiger partial charge in [0.15, 0.2) is 0 Å². The highest BCUT2D eigenvalue weighted by molar-refractivity contribution is 5.57. The van der Waals surface area contributed by atoms with Crippen molar-refractivity contribution in [2.75, 3.05) is 11.5 Å². The summed E-state index contributed by atoms with van der Waals surface area (Å²) in [5.41, 5.74) is 2.64. The number of nitrogens with zero attached hydrogens (tertiary/aromatic N) is 2. The summed E-state index contributed by atoms with van der Waals surface area (Å²) in [6.45, 7) is 0.117. The van der Waals surface area contributed by atoms with Crippen LogP contribution in [0.3, 0.4) is 0 Å². The second kappa shape index (κ2) is 9.05. The van der Waals surface area contributed by atoms with Gasteiger partial charge in [0, 0.05) is 12.1 Å². The number of anilines is 1. The van der Waals surface area contributed by atoms with Crippen molar-refractivity contribution in [2.24, 2.45) is 4.99 Å². The van der Waals surface area contributed by atoms with Gasteiger partial charge in [-0.1, -0.05) is 68.9 Å². The van der Waals surface area contributed by atoms with E-state index in [9.17, 15) is 5.11 Å². The predicted molar refractivity (Wildman–Crippen MR) is 112 cm³/mol. The molecule has 1 N–H and O–H groups in total. The summed E-state index contributed by atoms with van der Waals surface area (Å²) in [4.78, 5) is 7.68. The third-order valence-electron chi connectivity index (χ3n) is 6.51. The second-order valence-electron chi connectivity index (χ2n) is 8.56. The number of aliphatic hydroxyl groups excluding tert-OH is 1. The smallest absolute Gasteiger partial charge is 0.0834 e. The van der Waals surface area contributed by atoms with Gasteiger partial charge < -0.3 is 10.0 Å². The lowest BCUT2D eigenvalue weighted by atomic mass is 9.89. The zero-order chi connectivity index (χ0) is 18.5. The van der Waals surface area contributed by atoms with Crippen molar-refractivity contribution in [1.29, 1.82) is 0 Å². The first-order valence-corrected chi connectivity index (χ1v) is 11.1. The Hall–Kier alpha value is -1.61. The minimum atomic E-state index is -0.0317. The molecule has 0 unspecified atom stereocenters. The maximum absolute atomic E-state index is 9.84. The van der Waals surface area contributed by atoms with Crippen molar-refractivity contribution in [3.8, 4) is 0 Å². The van der Waals surface area contributed by atoms with E-state index >= 15 is 0 Å². The fourth-order valence-electron chi connectivity index (χ4n) is 5.05. The van der Waals surface area contributed by atoms with E-state index in [0.29, 0.717) is 12.1 Å². The molecule has 2 fully saturated rings. The highest BCUT2D eigenvalue weighted by Gasteiger charge is 2.32. The van der Waals surface area contributed by atoms with Crippen LogP contribution < -0.4 is 10.3 Å². The number of rotatable bonds is 7. The molecule has 2 aliphatic carbocycles. The zero-order valence-electron chi connectivity index (χ0n) is 16.5. The Morgan fingerprint density at radius 1 is 0.889 bits per heavy atom. The molecule has 0 heterocycles. The van der Waals surface area contributed by atoms with Crippen LogP contribution in [0.5, 0.6) is 0 Å². The molecular weight excluding hydrogens is 332 g/mol. The highest BCUT2D eigenvalue weighted by Crippen LogP contribution is 2.34. The van der Waals surface area contributed by atoms with Crippen LogP contribution in [0.15, 0.2) is 41.4 Å². The zero-order valence-corrected chi connectivity index (χ0v) is 16.5. The average molecular weight is 367 g/mol. The van der Waals surface area contributed by atoms with Crippen LogP contribution >= 0.6 is 0 Å². The third kappa shape index (κ3) is 4.82. The number of aliphatic hydroxyl groups is 1. The van der Waals surface area contributed by atoms with Crippen LogP contribution in [0.2, 0.25) is 0 Å². The van der Waals surface area contributed by atoms with E-state index < -0.39 is 0 Å². The summed E-state index contributed by atoms with van der Waals surface area (Å²) < 4.78 is 0. The quantitative estimate of drug-likeness (QED) is 0.781. The van der Waals surface area contributed by atoms with E-state index in [-0.39, 0.29) is 12.6 Å². The Morgan fingerprint density at radius 3 is 2.04 bits per heavy atom. The molecule has 2 aromatic rings. The molecule has 0 amide bonds. The second-order valence-corrected chi connectivity index (χ2v) is 8.56. The SMILES string of the molecule is OC[C@H](Cc1ccccc1)/N=c1\cc1N(C1CCCCC1)C1CCCCC1. The molecule has 0 spiro atoms. The summed E-state index contributed by atoms with van der Waals surface area (Å²) >= 11 is 0. The molecule has 3 nitrogen and oxygen atoms in total. The molecule has 0 aliphatic heterocycles. The Balaban J connectivity index is 1.50. The van der Waals surface area contributed by atoms with Gasteiger partial charge in [-0.3, -0.25) is 4.99 Å². The molecular formula is C24H34N2O. The minimum Gasteiger partial charge on any atom is -0.394 e. The molecule has 0 radical (unpaired) electrons. The largest absolute Gasteiger partial charge is 0.394 e. The van der Waals surface area contributed by atoms with E-state index in [4.69, 9.17) is 4.99 Å². The molecule has 0 bridgehead atoms. The lowest BCUT2D eigenvalue weighted by Crippen LogP contribution is -2.45. The molecule has 1 atom stereocenters. The predicted octanol–water partition coefficient (Wildman–Crippen LogP) is 4.54. The van der Waals surface area contributed by atoms with Crippen LogP contribution in [0.25, 0.3) is 0 Å². The van der Waals surface area contributed by atoms with Gasteiger partial charge in [0.2, 0.25) is 0 Å². The Bertz CT molecular complexity index is 686. The Kier molecular flexibility index (Phi) is 6.28. The van der Waals surface area contributed by atoms with Crippen molar-refractivity contribution in [2.45, 2.75) is 88.8 Å². The average Bonchev–Trinajstić information content (AvgIpc) is 3.48. The summed E-state index contributed by atoms with van der Waals surface area (Å²) in [7, 11) is 0. The monoisotopic (exact) mass is 366 g/mol. The van der Waals surface area contributed by atoms with Gasteiger partial charge in [0.05, 0.1) is 23.7 Å². The van der Waals surface area contributed by atoms with Crippen LogP contribution in [0.1, 0.15) is 69.8 Å². The van der Waals surface area contributed by atoms with E-state index in [1.54, 1.807) is 0 Å². The molecule has 2 saturated carbocycles. The topological polar surface area (TPSA) is 35.8 Å². The normalized spacial score (nSPS) is 21.6. The molecule has 27 heavy (non-hydrogen) atoms. The van der Waals surface area contributed by atoms with Crippen LogP contribution in [0.4, 0.5) is 5.69 Å². The van der Waals surface area contributed by atoms with Crippen LogP contribution in [0, 0.1) is 0 Å². The number of hydrogen-bond donors (Lipinski definition) is 1. The Morgan fingerprint density at radius 2 is 1.48 bits per heavy atom. The summed E-state index contributed by atoms with van der Waals surface area (Å²) in [5, 5.41) is 11.0. The van der Waals surface area contributed by atoms with Crippen LogP contribution in [-0.2, 0) is 6.42 Å². The van der Waals surface area contributed by atoms with Crippen molar-refractivity contribution >= 4 is 5.69 Å². The Labute approximate surface area is 163 Å². The van der Waals surface area contributed by atoms with Crippen molar-refractivity contribution in [1.82, 2.24) is 0 Å². The first-order valence-electron chi connectivity index (χ1n) is 11.1. The van der Waals surface area contributed by atoms with Crippen molar-refractivity contribution in [3.05, 3.63) is 47.3 Å². The molecule has 0 aromatic heterocycles. The van der Waals surface area contributed by atoms with Crippen LogP contribution in [-0.4, -0.2) is 29.8 Å². The molecule has 146 valence electrons. The van der Waals surface area contributed by atoms with Gasteiger partial charge in [-0.25, -0.2) is 0 Å². The first-order chi connectivity index (χ1) is 13.3. The minimum absolute atomic E-state index is 0.0317. The van der Waals surface area contributed by atoms with Gasteiger partial charge in [-0.05, 0) is 43.7 Å². The van der Waals surface area contributed by atoms with E-state index in [2.05, 4.69) is 35.2 Å². The maximum atomic E-state index is 9.84. The summed E-state index contributed by atoms with van der Waals surface area (Å²) in [6.07, 6.45) is 14.5. The lowest BCUT2D eigenvalue weighted by Gasteiger charge is -2.41. The fraction of sp³-hybridized carbons (Fsp3) is 0.625. The van der Waals surface area contributed by atoms with E-state index in [1.165, 1.54) is 75.5 Å². The molecule has 2 aromatic carbocycles. The van der Waals surface area contributed by atoms with Crippen molar-refractivity contribution in [3.63, 3.8) is 0 Å². The van der Waals surface area contributed by atoms with E-state index in [0.717, 1.165) is 11.8 Å². The third-order valence-corrected chi connectivity index (χ3v) is 6.51. The lowest BCUT2D eigenvalue weighted by molar-refractivity contribution is 0.264.